The molecule has 0 spiro atoms. The van der Waals surface area contributed by atoms with Gasteiger partial charge in [-0.2, -0.15) is 0 Å². The van der Waals surface area contributed by atoms with E-state index < -0.39 is 12.0 Å². The molecule has 9 heteroatoms. The van der Waals surface area contributed by atoms with Gasteiger partial charge < -0.3 is 5.11 Å². The summed E-state index contributed by atoms with van der Waals surface area (Å²) in [5, 5.41) is 15.2. The van der Waals surface area contributed by atoms with Crippen LogP contribution >= 0.6 is 38.9 Å². The van der Waals surface area contributed by atoms with Gasteiger partial charge in [0, 0.05) is 27.4 Å². The topological polar surface area (TPSA) is 98.1 Å². The summed E-state index contributed by atoms with van der Waals surface area (Å²) in [6.07, 6.45) is 0. The van der Waals surface area contributed by atoms with Crippen LogP contribution < -0.4 is 5.32 Å². The van der Waals surface area contributed by atoms with Crippen LogP contribution in [0.25, 0.3) is 10.4 Å². The molecule has 0 saturated heterocycles. The second-order valence-electron chi connectivity index (χ2n) is 2.95. The molecule has 1 heterocycles. The van der Waals surface area contributed by atoms with Gasteiger partial charge in [0.15, 0.2) is 0 Å². The van der Waals surface area contributed by atoms with Gasteiger partial charge in [0.05, 0.1) is 0 Å². The van der Waals surface area contributed by atoms with Crippen molar-refractivity contribution in [3.05, 3.63) is 30.2 Å². The number of carboxylic acid groups (broad SMARTS) is 1. The predicted octanol–water partition coefficient (Wildman–Crippen LogP) is 3.19. The molecule has 0 aliphatic heterocycles. The molecular formula is C8H8BrClN4O2S. The van der Waals surface area contributed by atoms with Gasteiger partial charge in [-0.3, -0.25) is 10.1 Å². The zero-order valence-corrected chi connectivity index (χ0v) is 11.6. The first-order valence-corrected chi connectivity index (χ1v) is 6.46. The summed E-state index contributed by atoms with van der Waals surface area (Å²) in [4.78, 5) is 14.2. The lowest BCUT2D eigenvalue weighted by atomic mass is 10.2. The Bertz CT molecular complexity index is 441. The van der Waals surface area contributed by atoms with E-state index in [1.807, 2.05) is 0 Å². The van der Waals surface area contributed by atoms with Gasteiger partial charge >= 0.3 is 5.97 Å². The van der Waals surface area contributed by atoms with E-state index in [0.717, 1.165) is 0 Å². The molecule has 1 unspecified atom stereocenters. The van der Waals surface area contributed by atoms with Gasteiger partial charge in [0.2, 0.25) is 0 Å². The lowest BCUT2D eigenvalue weighted by Gasteiger charge is -2.11. The first-order valence-electron chi connectivity index (χ1n) is 4.48. The monoisotopic (exact) mass is 338 g/mol. The van der Waals surface area contributed by atoms with E-state index in [-0.39, 0.29) is 13.1 Å². The maximum atomic E-state index is 11.1. The highest BCUT2D eigenvalue weighted by Crippen LogP contribution is 2.35. The number of halogens is 2. The fraction of sp³-hybridized carbons (Fsp3) is 0.375. The quantitative estimate of drug-likeness (QED) is 0.360. The normalized spacial score (nSPS) is 11.9. The van der Waals surface area contributed by atoms with Gasteiger partial charge in [-0.25, -0.2) is 0 Å². The number of aliphatic carboxylic acids is 1. The minimum Gasteiger partial charge on any atom is -0.480 e. The van der Waals surface area contributed by atoms with Crippen LogP contribution in [-0.4, -0.2) is 24.2 Å². The number of hydrogen-bond acceptors (Lipinski definition) is 4. The van der Waals surface area contributed by atoms with E-state index in [1.165, 1.54) is 11.3 Å². The number of hydrogen-bond donors (Lipinski definition) is 2. The molecule has 1 aromatic heterocycles. The highest BCUT2D eigenvalue weighted by atomic mass is 79.9. The SMILES string of the molecule is [N-]=[N+]=NCCNC(C(=O)O)c1cc(Br)c(Cl)s1. The molecule has 0 bridgehead atoms. The fourth-order valence-electron chi connectivity index (χ4n) is 1.12. The van der Waals surface area contributed by atoms with Crippen molar-refractivity contribution in [2.75, 3.05) is 13.1 Å². The number of thiophene rings is 1. The van der Waals surface area contributed by atoms with Crippen LogP contribution in [0.3, 0.4) is 0 Å². The Balaban J connectivity index is 2.72. The lowest BCUT2D eigenvalue weighted by molar-refractivity contribution is -0.139. The predicted molar refractivity (Wildman–Crippen MR) is 69.4 cm³/mol. The molecule has 6 nitrogen and oxygen atoms in total. The van der Waals surface area contributed by atoms with Crippen molar-refractivity contribution in [2.45, 2.75) is 6.04 Å². The van der Waals surface area contributed by atoms with Crippen molar-refractivity contribution < 1.29 is 9.90 Å². The number of azide groups is 1. The summed E-state index contributed by atoms with van der Waals surface area (Å²) >= 11 is 10.3. The first kappa shape index (κ1) is 14.3. The molecule has 1 rings (SSSR count). The summed E-state index contributed by atoms with van der Waals surface area (Å²) in [6.45, 7) is 0.481. The second kappa shape index (κ2) is 6.83. The zero-order chi connectivity index (χ0) is 12.8. The lowest BCUT2D eigenvalue weighted by Crippen LogP contribution is -2.29. The molecule has 0 aromatic carbocycles. The Kier molecular flexibility index (Phi) is 5.73. The van der Waals surface area contributed by atoms with Crippen LogP contribution in [0.5, 0.6) is 0 Å². The van der Waals surface area contributed by atoms with Crippen molar-refractivity contribution in [1.82, 2.24) is 5.32 Å². The van der Waals surface area contributed by atoms with E-state index in [4.69, 9.17) is 22.2 Å². The molecule has 0 aliphatic rings. The van der Waals surface area contributed by atoms with Crippen molar-refractivity contribution in [3.8, 4) is 0 Å². The maximum absolute atomic E-state index is 11.1. The number of carbonyl (C=O) groups is 1. The van der Waals surface area contributed by atoms with E-state index in [0.29, 0.717) is 13.7 Å². The van der Waals surface area contributed by atoms with E-state index >= 15 is 0 Å². The van der Waals surface area contributed by atoms with Gasteiger partial charge in [-0.1, -0.05) is 16.7 Å². The first-order chi connectivity index (χ1) is 8.06. The Hall–Kier alpha value is -0.790. The molecule has 1 atom stereocenters. The molecule has 1 aromatic rings. The fourth-order valence-corrected chi connectivity index (χ4v) is 2.92. The summed E-state index contributed by atoms with van der Waals surface area (Å²) in [6, 6.07) is 0.810. The summed E-state index contributed by atoms with van der Waals surface area (Å²) in [5.41, 5.74) is 8.09. The third-order valence-corrected chi connectivity index (χ3v) is 4.36. The van der Waals surface area contributed by atoms with Gasteiger partial charge in [-0.05, 0) is 27.5 Å². The molecular weight excluding hydrogens is 332 g/mol. The van der Waals surface area contributed by atoms with E-state index in [1.54, 1.807) is 6.07 Å². The summed E-state index contributed by atoms with van der Waals surface area (Å²) in [5.74, 6) is -1.00. The minimum atomic E-state index is -1.00. The van der Waals surface area contributed by atoms with Gasteiger partial charge in [0.1, 0.15) is 10.4 Å². The Morgan fingerprint density at radius 1 is 1.82 bits per heavy atom. The molecule has 17 heavy (non-hydrogen) atoms. The van der Waals surface area contributed by atoms with Gasteiger partial charge in [0.25, 0.3) is 0 Å². The molecule has 0 saturated carbocycles. The number of nitrogens with one attached hydrogen (secondary N) is 1. The molecule has 0 aliphatic carbocycles. The third-order valence-electron chi connectivity index (χ3n) is 1.82. The van der Waals surface area contributed by atoms with Crippen molar-refractivity contribution in [2.24, 2.45) is 5.11 Å². The number of carboxylic acids is 1. The molecule has 0 radical (unpaired) electrons. The smallest absolute Gasteiger partial charge is 0.326 e. The maximum Gasteiger partial charge on any atom is 0.326 e. The molecule has 0 fully saturated rings. The summed E-state index contributed by atoms with van der Waals surface area (Å²) < 4.78 is 1.17. The third kappa shape index (κ3) is 4.18. The van der Waals surface area contributed by atoms with Crippen LogP contribution in [0.1, 0.15) is 10.9 Å². The molecule has 92 valence electrons. The average Bonchev–Trinajstić information content (AvgIpc) is 2.58. The largest absolute Gasteiger partial charge is 0.480 e. The van der Waals surface area contributed by atoms with Crippen LogP contribution in [0.2, 0.25) is 4.34 Å². The Labute approximate surface area is 114 Å². The molecule has 0 amide bonds. The van der Waals surface area contributed by atoms with Crippen LogP contribution in [0, 0.1) is 0 Å². The van der Waals surface area contributed by atoms with Crippen LogP contribution in [0.4, 0.5) is 0 Å². The zero-order valence-electron chi connectivity index (χ0n) is 8.43. The molecule has 2 N–H and O–H groups in total. The van der Waals surface area contributed by atoms with Gasteiger partial charge in [-0.15, -0.1) is 11.3 Å². The minimum absolute atomic E-state index is 0.195. The number of rotatable bonds is 6. The highest BCUT2D eigenvalue weighted by molar-refractivity contribution is 9.10. The van der Waals surface area contributed by atoms with Crippen LogP contribution in [-0.2, 0) is 4.79 Å². The van der Waals surface area contributed by atoms with Crippen LogP contribution in [0.15, 0.2) is 15.7 Å². The van der Waals surface area contributed by atoms with Crippen molar-refractivity contribution in [3.63, 3.8) is 0 Å². The summed E-state index contributed by atoms with van der Waals surface area (Å²) in [7, 11) is 0. The van der Waals surface area contributed by atoms with Crippen molar-refractivity contribution >= 4 is 44.8 Å². The standard InChI is InChI=1S/C8H8BrClN4O2S/c9-4-3-5(17-7(4)10)6(8(15)16)12-1-2-13-14-11/h3,6,12H,1-2H2,(H,15,16). The Morgan fingerprint density at radius 2 is 2.53 bits per heavy atom. The van der Waals surface area contributed by atoms with E-state index in [2.05, 4.69) is 31.3 Å². The number of nitrogens with zero attached hydrogens (tertiary/aromatic N) is 3. The van der Waals surface area contributed by atoms with E-state index in [9.17, 15) is 4.79 Å². The van der Waals surface area contributed by atoms with Crippen molar-refractivity contribution in [1.29, 1.82) is 0 Å². The Morgan fingerprint density at radius 3 is 3.00 bits per heavy atom. The average molecular weight is 340 g/mol. The highest BCUT2D eigenvalue weighted by Gasteiger charge is 2.22. The second-order valence-corrected chi connectivity index (χ2v) is 5.49.